The van der Waals surface area contributed by atoms with E-state index < -0.39 is 41.4 Å². The third kappa shape index (κ3) is 6.00. The maximum atomic E-state index is 13.9. The van der Waals surface area contributed by atoms with Gasteiger partial charge in [0.1, 0.15) is 23.2 Å². The van der Waals surface area contributed by atoms with Crippen molar-refractivity contribution in [2.24, 2.45) is 0 Å². The zero-order chi connectivity index (χ0) is 21.7. The highest BCUT2D eigenvalue weighted by molar-refractivity contribution is 7.11. The lowest BCUT2D eigenvalue weighted by Crippen LogP contribution is -2.31. The Labute approximate surface area is 179 Å². The summed E-state index contributed by atoms with van der Waals surface area (Å²) < 4.78 is 36.8. The summed E-state index contributed by atoms with van der Waals surface area (Å²) in [5.74, 6) is -3.62. The van der Waals surface area contributed by atoms with Gasteiger partial charge < -0.3 is 20.5 Å². The number of carbonyl (C=O) groups excluding carboxylic acids is 1. The van der Waals surface area contributed by atoms with E-state index >= 15 is 0 Å². The average Bonchev–Trinajstić information content (AvgIpc) is 3.40. The highest BCUT2D eigenvalue weighted by Crippen LogP contribution is 2.31. The van der Waals surface area contributed by atoms with Crippen molar-refractivity contribution in [2.75, 3.05) is 18.4 Å². The van der Waals surface area contributed by atoms with Crippen LogP contribution in [-0.2, 0) is 6.61 Å². The minimum absolute atomic E-state index is 0.0526. The number of halogens is 3. The summed E-state index contributed by atoms with van der Waals surface area (Å²) in [5.41, 5.74) is -0.823. The number of aromatic nitrogens is 1. The fourth-order valence-electron chi connectivity index (χ4n) is 2.53. The van der Waals surface area contributed by atoms with Gasteiger partial charge in [0.15, 0.2) is 5.56 Å². The van der Waals surface area contributed by atoms with Crippen molar-refractivity contribution < 1.29 is 28.2 Å². The van der Waals surface area contributed by atoms with E-state index in [4.69, 9.17) is 16.3 Å². The number of aromatic carboxylic acids is 1. The first kappa shape index (κ1) is 22.2. The molecule has 30 heavy (non-hydrogen) atoms. The van der Waals surface area contributed by atoms with Crippen LogP contribution in [0.5, 0.6) is 5.88 Å². The number of carboxylic acid groups (broad SMARTS) is 1. The van der Waals surface area contributed by atoms with Gasteiger partial charge in [0.25, 0.3) is 0 Å². The predicted molar refractivity (Wildman–Crippen MR) is 107 cm³/mol. The molecule has 4 N–H and O–H groups in total. The van der Waals surface area contributed by atoms with Crippen LogP contribution < -0.4 is 20.7 Å². The fourth-order valence-corrected chi connectivity index (χ4v) is 3.44. The highest BCUT2D eigenvalue weighted by atomic mass is 35.5. The number of carboxylic acids is 1. The number of carbonyl (C=O) groups is 2. The second kappa shape index (κ2) is 10.0. The van der Waals surface area contributed by atoms with Crippen molar-refractivity contribution in [1.29, 1.82) is 0 Å². The molecule has 1 aromatic carbocycles. The summed E-state index contributed by atoms with van der Waals surface area (Å²) in [7, 11) is 0. The van der Waals surface area contributed by atoms with E-state index in [9.17, 15) is 23.5 Å². The second-order valence-electron chi connectivity index (χ2n) is 6.60. The van der Waals surface area contributed by atoms with Crippen molar-refractivity contribution in [3.05, 3.63) is 39.9 Å². The molecule has 1 aliphatic carbocycles. The van der Waals surface area contributed by atoms with Crippen LogP contribution in [-0.4, -0.2) is 40.6 Å². The van der Waals surface area contributed by atoms with Crippen molar-refractivity contribution in [1.82, 2.24) is 15.0 Å². The zero-order valence-electron chi connectivity index (χ0n) is 15.6. The summed E-state index contributed by atoms with van der Waals surface area (Å²) in [6, 6.07) is 1.83. The summed E-state index contributed by atoms with van der Waals surface area (Å²) in [6.45, 7) is 0.589. The van der Waals surface area contributed by atoms with Gasteiger partial charge in [-0.1, -0.05) is 11.6 Å². The summed E-state index contributed by atoms with van der Waals surface area (Å²) in [4.78, 5) is 23.6. The average molecular weight is 461 g/mol. The molecule has 2 amide bonds. The van der Waals surface area contributed by atoms with Crippen LogP contribution in [0.2, 0.25) is 5.02 Å². The van der Waals surface area contributed by atoms with Crippen LogP contribution in [0, 0.1) is 11.6 Å². The van der Waals surface area contributed by atoms with Crippen LogP contribution in [0.4, 0.5) is 18.6 Å². The van der Waals surface area contributed by atoms with Crippen LogP contribution >= 0.6 is 23.1 Å². The maximum absolute atomic E-state index is 13.9. The first-order chi connectivity index (χ1) is 14.3. The number of hydrogen-bond donors (Lipinski definition) is 4. The SMILES string of the molecule is O=C(NCCCNC1CC1)Nc1snc(OCc2c(F)cc(Cl)cc2F)c1C(=O)O. The molecule has 12 heteroatoms. The topological polar surface area (TPSA) is 113 Å². The number of anilines is 1. The lowest BCUT2D eigenvalue weighted by Gasteiger charge is -2.09. The maximum Gasteiger partial charge on any atom is 0.344 e. The molecule has 0 atom stereocenters. The molecule has 0 saturated heterocycles. The van der Waals surface area contributed by atoms with Crippen LogP contribution in [0.3, 0.4) is 0 Å². The summed E-state index contributed by atoms with van der Waals surface area (Å²) in [6.07, 6.45) is 3.09. The van der Waals surface area contributed by atoms with Crippen LogP contribution in [0.25, 0.3) is 0 Å². The number of ether oxygens (including phenoxy) is 1. The molecule has 0 bridgehead atoms. The van der Waals surface area contributed by atoms with Crippen LogP contribution in [0.15, 0.2) is 12.1 Å². The smallest absolute Gasteiger partial charge is 0.344 e. The molecule has 0 spiro atoms. The number of urea groups is 1. The van der Waals surface area contributed by atoms with Gasteiger partial charge in [-0.15, -0.1) is 0 Å². The third-order valence-electron chi connectivity index (χ3n) is 4.21. The molecular formula is C18H19ClF2N4O4S. The molecule has 1 aliphatic rings. The standard InChI is InChI=1S/C18H19ClF2N4O4S/c19-9-6-12(20)11(13(21)7-9)8-29-15-14(17(26)27)16(30-25-15)24-18(28)23-5-1-4-22-10-2-3-10/h6-7,10,22H,1-5,8H2,(H,26,27)(H2,23,24,28). The van der Waals surface area contributed by atoms with E-state index in [1.165, 1.54) is 12.8 Å². The molecule has 8 nitrogen and oxygen atoms in total. The predicted octanol–water partition coefficient (Wildman–Crippen LogP) is 3.62. The number of benzene rings is 1. The fraction of sp³-hybridized carbons (Fsp3) is 0.389. The minimum atomic E-state index is -1.40. The molecule has 1 aromatic heterocycles. The molecule has 0 radical (unpaired) electrons. The van der Waals surface area contributed by atoms with Gasteiger partial charge in [-0.3, -0.25) is 5.32 Å². The van der Waals surface area contributed by atoms with Gasteiger partial charge in [0.05, 0.1) is 5.56 Å². The van der Waals surface area contributed by atoms with Gasteiger partial charge >= 0.3 is 12.0 Å². The number of rotatable bonds is 10. The number of hydrogen-bond acceptors (Lipinski definition) is 6. The Hall–Kier alpha value is -2.50. The number of nitrogens with zero attached hydrogens (tertiary/aromatic N) is 1. The summed E-state index contributed by atoms with van der Waals surface area (Å²) >= 11 is 6.26. The van der Waals surface area contributed by atoms with E-state index in [0.29, 0.717) is 24.1 Å². The quantitative estimate of drug-likeness (QED) is 0.403. The van der Waals surface area contributed by atoms with Gasteiger partial charge in [0, 0.05) is 17.6 Å². The second-order valence-corrected chi connectivity index (χ2v) is 7.81. The molecule has 1 heterocycles. The van der Waals surface area contributed by atoms with E-state index in [2.05, 4.69) is 20.3 Å². The van der Waals surface area contributed by atoms with Crippen molar-refractivity contribution in [3.8, 4) is 5.88 Å². The number of amides is 2. The number of nitrogens with one attached hydrogen (secondary N) is 3. The molecule has 1 fully saturated rings. The van der Waals surface area contributed by atoms with Gasteiger partial charge in [-0.2, -0.15) is 4.37 Å². The van der Waals surface area contributed by atoms with Gasteiger partial charge in [-0.25, -0.2) is 18.4 Å². The Bertz CT molecular complexity index is 916. The Morgan fingerprint density at radius 1 is 1.27 bits per heavy atom. The Balaban J connectivity index is 1.57. The Morgan fingerprint density at radius 3 is 2.60 bits per heavy atom. The molecule has 1 saturated carbocycles. The monoisotopic (exact) mass is 460 g/mol. The Morgan fingerprint density at radius 2 is 1.97 bits per heavy atom. The van der Waals surface area contributed by atoms with E-state index in [1.54, 1.807) is 0 Å². The van der Waals surface area contributed by atoms with Crippen molar-refractivity contribution in [2.45, 2.75) is 31.9 Å². The molecule has 3 rings (SSSR count). The summed E-state index contributed by atoms with van der Waals surface area (Å²) in [5, 5.41) is 17.6. The lowest BCUT2D eigenvalue weighted by molar-refractivity contribution is 0.0693. The first-order valence-electron chi connectivity index (χ1n) is 9.12. The van der Waals surface area contributed by atoms with Crippen molar-refractivity contribution in [3.63, 3.8) is 0 Å². The van der Waals surface area contributed by atoms with E-state index in [-0.39, 0.29) is 15.9 Å². The van der Waals surface area contributed by atoms with Gasteiger partial charge in [0.2, 0.25) is 5.88 Å². The van der Waals surface area contributed by atoms with Crippen molar-refractivity contribution >= 4 is 40.1 Å². The molecular weight excluding hydrogens is 442 g/mol. The third-order valence-corrected chi connectivity index (χ3v) is 5.17. The molecule has 2 aromatic rings. The first-order valence-corrected chi connectivity index (χ1v) is 10.3. The van der Waals surface area contributed by atoms with E-state index in [1.807, 2.05) is 0 Å². The zero-order valence-corrected chi connectivity index (χ0v) is 17.2. The highest BCUT2D eigenvalue weighted by Gasteiger charge is 2.24. The Kier molecular flexibility index (Phi) is 7.40. The largest absolute Gasteiger partial charge is 0.477 e. The lowest BCUT2D eigenvalue weighted by atomic mass is 10.2. The molecule has 0 unspecified atom stereocenters. The van der Waals surface area contributed by atoms with E-state index in [0.717, 1.165) is 25.1 Å². The van der Waals surface area contributed by atoms with Gasteiger partial charge in [-0.05, 0) is 49.5 Å². The van der Waals surface area contributed by atoms with Crippen LogP contribution in [0.1, 0.15) is 35.2 Å². The minimum Gasteiger partial charge on any atom is -0.477 e. The molecule has 162 valence electrons. The normalized spacial score (nSPS) is 13.2. The molecule has 0 aliphatic heterocycles.